The molecule has 2 aromatic rings. The zero-order chi connectivity index (χ0) is 25.3. The van der Waals surface area contributed by atoms with Gasteiger partial charge in [0, 0.05) is 44.8 Å². The predicted molar refractivity (Wildman–Crippen MR) is 142 cm³/mol. The fourth-order valence-corrected chi connectivity index (χ4v) is 5.63. The Hall–Kier alpha value is -2.73. The molecule has 0 aromatic heterocycles. The number of halogens is 1. The van der Waals surface area contributed by atoms with Crippen LogP contribution in [0.1, 0.15) is 69.4 Å². The highest BCUT2D eigenvalue weighted by Crippen LogP contribution is 2.27. The van der Waals surface area contributed by atoms with Crippen molar-refractivity contribution in [2.45, 2.75) is 77.3 Å². The van der Waals surface area contributed by atoms with Gasteiger partial charge in [-0.1, -0.05) is 56.0 Å². The van der Waals surface area contributed by atoms with Crippen molar-refractivity contribution in [3.05, 3.63) is 65.5 Å². The predicted octanol–water partition coefficient (Wildman–Crippen LogP) is 5.57. The van der Waals surface area contributed by atoms with Crippen LogP contribution in [0.15, 0.2) is 48.5 Å². The van der Waals surface area contributed by atoms with Crippen LogP contribution in [0.4, 0.5) is 10.1 Å². The molecule has 2 amide bonds. The zero-order valence-electron chi connectivity index (χ0n) is 21.6. The number of fused-ring (bicyclic) bond motifs is 1. The Morgan fingerprint density at radius 1 is 0.833 bits per heavy atom. The van der Waals surface area contributed by atoms with E-state index in [4.69, 9.17) is 0 Å². The summed E-state index contributed by atoms with van der Waals surface area (Å²) in [5, 5.41) is 0. The molecule has 0 aliphatic carbocycles. The van der Waals surface area contributed by atoms with Crippen LogP contribution in [0.2, 0.25) is 0 Å². The molecule has 0 saturated carbocycles. The van der Waals surface area contributed by atoms with E-state index in [-0.39, 0.29) is 17.6 Å². The van der Waals surface area contributed by atoms with Crippen molar-refractivity contribution in [1.29, 1.82) is 0 Å². The van der Waals surface area contributed by atoms with Gasteiger partial charge in [-0.05, 0) is 61.6 Å². The smallest absolute Gasteiger partial charge is 0.226 e. The van der Waals surface area contributed by atoms with E-state index >= 15 is 0 Å². The third-order valence-electron chi connectivity index (χ3n) is 7.72. The Labute approximate surface area is 215 Å². The highest BCUT2D eigenvalue weighted by atomic mass is 19.1. The summed E-state index contributed by atoms with van der Waals surface area (Å²) in [6.45, 7) is 5.83. The van der Waals surface area contributed by atoms with Gasteiger partial charge in [0.15, 0.2) is 0 Å². The molecule has 194 valence electrons. The monoisotopic (exact) mass is 493 g/mol. The fraction of sp³-hybridized carbons (Fsp3) is 0.533. The summed E-state index contributed by atoms with van der Waals surface area (Å²) in [4.78, 5) is 31.9. The Bertz CT molecular complexity index is 1000. The summed E-state index contributed by atoms with van der Waals surface area (Å²) in [6.07, 6.45) is 9.33. The summed E-state index contributed by atoms with van der Waals surface area (Å²) in [6, 6.07) is 15.0. The largest absolute Gasteiger partial charge is 0.342 e. The van der Waals surface area contributed by atoms with Crippen molar-refractivity contribution in [2.24, 2.45) is 0 Å². The van der Waals surface area contributed by atoms with Crippen LogP contribution in [0.5, 0.6) is 0 Å². The third-order valence-corrected chi connectivity index (χ3v) is 7.72. The summed E-state index contributed by atoms with van der Waals surface area (Å²) in [5.74, 6) is -0.0500. The van der Waals surface area contributed by atoms with Crippen LogP contribution in [0.3, 0.4) is 0 Å². The summed E-state index contributed by atoms with van der Waals surface area (Å²) < 4.78 is 13.2. The normalized spacial score (nSPS) is 19.1. The molecule has 1 fully saturated rings. The number of nitrogens with zero attached hydrogens (tertiary/aromatic N) is 3. The third kappa shape index (κ3) is 7.16. The quantitative estimate of drug-likeness (QED) is 0.562. The maximum atomic E-state index is 13.2. The molecule has 2 aliphatic heterocycles. The molecule has 6 heteroatoms. The molecule has 0 N–H and O–H groups in total. The minimum Gasteiger partial charge on any atom is -0.342 e. The number of anilines is 1. The van der Waals surface area contributed by atoms with Crippen LogP contribution in [-0.4, -0.2) is 53.8 Å². The van der Waals surface area contributed by atoms with E-state index in [1.165, 1.54) is 49.8 Å². The van der Waals surface area contributed by atoms with E-state index in [0.717, 1.165) is 63.2 Å². The molecule has 2 heterocycles. The van der Waals surface area contributed by atoms with Gasteiger partial charge in [-0.25, -0.2) is 4.39 Å². The first-order valence-corrected chi connectivity index (χ1v) is 13.6. The molecule has 2 aromatic carbocycles. The molecule has 0 atom stereocenters. The van der Waals surface area contributed by atoms with Crippen molar-refractivity contribution in [3.63, 3.8) is 0 Å². The standard InChI is InChI=1S/C30H40FN3O2/c1-24(35)34-19-9-5-3-2-4-8-18-33(23-26-10-6-7-11-29(26)34)28-16-20-32(21-17-28)30(36)22-25-12-14-27(31)15-13-25/h6-7,10-15,28H,2-5,8-9,16-23H2,1H3. The SMILES string of the molecule is CC(=O)N1CCCCCCCCN(C2CCN(C(=O)Cc3ccc(F)cc3)CC2)Cc2ccccc21. The highest BCUT2D eigenvalue weighted by Gasteiger charge is 2.28. The topological polar surface area (TPSA) is 43.9 Å². The van der Waals surface area contributed by atoms with E-state index in [9.17, 15) is 14.0 Å². The molecule has 2 aliphatic rings. The van der Waals surface area contributed by atoms with E-state index in [2.05, 4.69) is 23.1 Å². The minimum absolute atomic E-state index is 0.108. The second kappa shape index (κ2) is 13.0. The van der Waals surface area contributed by atoms with Gasteiger partial charge in [0.25, 0.3) is 0 Å². The van der Waals surface area contributed by atoms with Crippen LogP contribution >= 0.6 is 0 Å². The summed E-state index contributed by atoms with van der Waals surface area (Å²) in [7, 11) is 0. The first kappa shape index (κ1) is 26.3. The van der Waals surface area contributed by atoms with E-state index in [1.54, 1.807) is 19.1 Å². The second-order valence-electron chi connectivity index (χ2n) is 10.3. The average Bonchev–Trinajstić information content (AvgIpc) is 2.90. The summed E-state index contributed by atoms with van der Waals surface area (Å²) in [5.41, 5.74) is 3.11. The zero-order valence-corrected chi connectivity index (χ0v) is 21.6. The Morgan fingerprint density at radius 2 is 1.47 bits per heavy atom. The van der Waals surface area contributed by atoms with Crippen molar-refractivity contribution >= 4 is 17.5 Å². The number of piperidine rings is 1. The van der Waals surface area contributed by atoms with E-state index in [1.807, 2.05) is 15.9 Å². The minimum atomic E-state index is -0.276. The lowest BCUT2D eigenvalue weighted by molar-refractivity contribution is -0.132. The van der Waals surface area contributed by atoms with E-state index in [0.29, 0.717) is 12.5 Å². The molecule has 5 nitrogen and oxygen atoms in total. The maximum Gasteiger partial charge on any atom is 0.226 e. The molecule has 0 spiro atoms. The number of likely N-dealkylation sites (tertiary alicyclic amines) is 1. The van der Waals surface area contributed by atoms with Crippen LogP contribution < -0.4 is 4.90 Å². The first-order chi connectivity index (χ1) is 17.5. The molecule has 0 radical (unpaired) electrons. The van der Waals surface area contributed by atoms with Crippen molar-refractivity contribution in [1.82, 2.24) is 9.80 Å². The van der Waals surface area contributed by atoms with Gasteiger partial charge in [-0.2, -0.15) is 0 Å². The lowest BCUT2D eigenvalue weighted by Gasteiger charge is -2.39. The Morgan fingerprint density at radius 3 is 2.17 bits per heavy atom. The number of amides is 2. The molecular weight excluding hydrogens is 453 g/mol. The van der Waals surface area contributed by atoms with Crippen LogP contribution in [0, 0.1) is 5.82 Å². The van der Waals surface area contributed by atoms with Gasteiger partial charge in [-0.3, -0.25) is 14.5 Å². The lowest BCUT2D eigenvalue weighted by Crippen LogP contribution is -2.47. The number of para-hydroxylation sites is 1. The second-order valence-corrected chi connectivity index (χ2v) is 10.3. The van der Waals surface area contributed by atoms with Gasteiger partial charge in [0.2, 0.25) is 11.8 Å². The van der Waals surface area contributed by atoms with Crippen molar-refractivity contribution in [3.8, 4) is 0 Å². The first-order valence-electron chi connectivity index (χ1n) is 13.6. The number of hydrogen-bond acceptors (Lipinski definition) is 3. The van der Waals surface area contributed by atoms with Gasteiger partial charge in [-0.15, -0.1) is 0 Å². The Kier molecular flexibility index (Phi) is 9.51. The molecule has 1 saturated heterocycles. The van der Waals surface area contributed by atoms with Gasteiger partial charge in [0.1, 0.15) is 5.82 Å². The number of benzene rings is 2. The Balaban J connectivity index is 1.43. The van der Waals surface area contributed by atoms with Crippen molar-refractivity contribution < 1.29 is 14.0 Å². The molecule has 0 bridgehead atoms. The van der Waals surface area contributed by atoms with Gasteiger partial charge < -0.3 is 9.80 Å². The van der Waals surface area contributed by atoms with Crippen LogP contribution in [-0.2, 0) is 22.6 Å². The number of hydrogen-bond donors (Lipinski definition) is 0. The highest BCUT2D eigenvalue weighted by molar-refractivity contribution is 5.92. The average molecular weight is 494 g/mol. The lowest BCUT2D eigenvalue weighted by atomic mass is 10.00. The molecule has 0 unspecified atom stereocenters. The fourth-order valence-electron chi connectivity index (χ4n) is 5.63. The summed E-state index contributed by atoms with van der Waals surface area (Å²) >= 11 is 0. The molecular formula is C30H40FN3O2. The van der Waals surface area contributed by atoms with Gasteiger partial charge in [0.05, 0.1) is 6.42 Å². The number of carbonyl (C=O) groups is 2. The van der Waals surface area contributed by atoms with E-state index < -0.39 is 0 Å². The van der Waals surface area contributed by atoms with Crippen molar-refractivity contribution in [2.75, 3.05) is 31.1 Å². The molecule has 36 heavy (non-hydrogen) atoms. The molecule has 4 rings (SSSR count). The number of carbonyl (C=O) groups excluding carboxylic acids is 2. The van der Waals surface area contributed by atoms with Gasteiger partial charge >= 0.3 is 0 Å². The number of rotatable bonds is 3. The maximum absolute atomic E-state index is 13.2. The van der Waals surface area contributed by atoms with Crippen LogP contribution in [0.25, 0.3) is 0 Å².